The molecule has 1 amide bonds. The van der Waals surface area contributed by atoms with Crippen LogP contribution in [0.2, 0.25) is 0 Å². The summed E-state index contributed by atoms with van der Waals surface area (Å²) in [5.41, 5.74) is 5.84. The van der Waals surface area contributed by atoms with E-state index in [-0.39, 0.29) is 29.1 Å². The summed E-state index contributed by atoms with van der Waals surface area (Å²) in [6.45, 7) is -0.248. The first kappa shape index (κ1) is 13.3. The fraction of sp³-hybridized carbons (Fsp3) is 0.273. The molecule has 0 bridgehead atoms. The Morgan fingerprint density at radius 1 is 1.42 bits per heavy atom. The van der Waals surface area contributed by atoms with Crippen molar-refractivity contribution in [3.63, 3.8) is 0 Å². The van der Waals surface area contributed by atoms with Crippen molar-refractivity contribution in [2.75, 3.05) is 19.4 Å². The number of amides is 1. The third-order valence-corrected chi connectivity index (χ3v) is 4.60. The molecule has 1 aromatic carbocycles. The van der Waals surface area contributed by atoms with E-state index in [1.54, 1.807) is 0 Å². The molecule has 0 aromatic heterocycles. The predicted octanol–water partition coefficient (Wildman–Crippen LogP) is -0.0236. The van der Waals surface area contributed by atoms with Crippen molar-refractivity contribution in [1.82, 2.24) is 4.31 Å². The normalized spacial score (nSPS) is 16.3. The number of anilines is 1. The molecule has 2 rings (SSSR count). The molecule has 0 radical (unpaired) electrons. The molecule has 1 heterocycles. The third-order valence-electron chi connectivity index (χ3n) is 2.78. The number of fused-ring (bicyclic) bond motifs is 1. The van der Waals surface area contributed by atoms with E-state index in [0.717, 1.165) is 0 Å². The molecule has 1 aliphatic rings. The number of esters is 1. The number of hydrogen-bond acceptors (Lipinski definition) is 6. The molecule has 0 atom stereocenters. The SMILES string of the molecule is COC(=O)CCN1C(=O)c2ccc(N)cc2S1(=O)=O. The van der Waals surface area contributed by atoms with E-state index in [0.29, 0.717) is 4.31 Å². The Bertz CT molecular complexity index is 653. The van der Waals surface area contributed by atoms with Gasteiger partial charge >= 0.3 is 5.97 Å². The summed E-state index contributed by atoms with van der Waals surface area (Å²) < 4.78 is 29.4. The van der Waals surface area contributed by atoms with Gasteiger partial charge in [0.1, 0.15) is 4.90 Å². The van der Waals surface area contributed by atoms with Gasteiger partial charge < -0.3 is 10.5 Å². The van der Waals surface area contributed by atoms with Crippen LogP contribution in [0.15, 0.2) is 23.1 Å². The fourth-order valence-corrected chi connectivity index (χ4v) is 3.41. The number of ether oxygens (including phenoxy) is 1. The minimum absolute atomic E-state index is 0.0686. The maximum Gasteiger partial charge on any atom is 0.307 e. The van der Waals surface area contributed by atoms with Crippen LogP contribution in [-0.2, 0) is 19.6 Å². The molecule has 8 heteroatoms. The lowest BCUT2D eigenvalue weighted by molar-refractivity contribution is -0.140. The molecule has 0 aliphatic carbocycles. The van der Waals surface area contributed by atoms with Crippen LogP contribution in [0, 0.1) is 0 Å². The minimum Gasteiger partial charge on any atom is -0.469 e. The monoisotopic (exact) mass is 284 g/mol. The van der Waals surface area contributed by atoms with Gasteiger partial charge in [-0.25, -0.2) is 12.7 Å². The quantitative estimate of drug-likeness (QED) is 0.617. The Labute approximate surface area is 110 Å². The van der Waals surface area contributed by atoms with Crippen LogP contribution in [0.5, 0.6) is 0 Å². The van der Waals surface area contributed by atoms with Gasteiger partial charge in [-0.2, -0.15) is 0 Å². The van der Waals surface area contributed by atoms with Crippen molar-refractivity contribution in [3.05, 3.63) is 23.8 Å². The summed E-state index contributed by atoms with van der Waals surface area (Å²) in [4.78, 5) is 22.9. The first-order valence-electron chi connectivity index (χ1n) is 5.41. The van der Waals surface area contributed by atoms with E-state index < -0.39 is 21.9 Å². The topological polar surface area (TPSA) is 107 Å². The van der Waals surface area contributed by atoms with Gasteiger partial charge in [-0.1, -0.05) is 0 Å². The zero-order chi connectivity index (χ0) is 14.2. The van der Waals surface area contributed by atoms with Gasteiger partial charge in [0.2, 0.25) is 0 Å². The summed E-state index contributed by atoms with van der Waals surface area (Å²) in [6, 6.07) is 4.06. The summed E-state index contributed by atoms with van der Waals surface area (Å²) in [5.74, 6) is -1.24. The van der Waals surface area contributed by atoms with Crippen LogP contribution >= 0.6 is 0 Å². The molecule has 0 saturated carbocycles. The highest BCUT2D eigenvalue weighted by Crippen LogP contribution is 2.31. The molecule has 2 N–H and O–H groups in total. The summed E-state index contributed by atoms with van der Waals surface area (Å²) in [7, 11) is -2.73. The van der Waals surface area contributed by atoms with Crippen LogP contribution in [0.1, 0.15) is 16.8 Å². The zero-order valence-electron chi connectivity index (χ0n) is 10.1. The lowest BCUT2D eigenvalue weighted by atomic mass is 10.2. The predicted molar refractivity (Wildman–Crippen MR) is 65.7 cm³/mol. The van der Waals surface area contributed by atoms with Crippen molar-refractivity contribution < 1.29 is 22.7 Å². The maximum atomic E-state index is 12.1. The van der Waals surface area contributed by atoms with Gasteiger partial charge in [-0.05, 0) is 18.2 Å². The van der Waals surface area contributed by atoms with Gasteiger partial charge in [0.25, 0.3) is 15.9 Å². The lowest BCUT2D eigenvalue weighted by Crippen LogP contribution is -2.32. The molecule has 0 saturated heterocycles. The average molecular weight is 284 g/mol. The molecule has 0 unspecified atom stereocenters. The standard InChI is InChI=1S/C11H12N2O5S/c1-18-10(14)4-5-13-11(15)8-3-2-7(12)6-9(8)19(13,16)17/h2-3,6H,4-5,12H2,1H3. The first-order valence-corrected chi connectivity index (χ1v) is 6.85. The number of carbonyl (C=O) groups is 2. The smallest absolute Gasteiger partial charge is 0.307 e. The molecular weight excluding hydrogens is 272 g/mol. The molecular formula is C11H12N2O5S. The molecule has 0 fully saturated rings. The van der Waals surface area contributed by atoms with Gasteiger partial charge in [0.15, 0.2) is 0 Å². The number of methoxy groups -OCH3 is 1. The Kier molecular flexibility index (Phi) is 3.19. The highest BCUT2D eigenvalue weighted by atomic mass is 32.2. The number of sulfonamides is 1. The molecule has 7 nitrogen and oxygen atoms in total. The minimum atomic E-state index is -3.93. The molecule has 102 valence electrons. The first-order chi connectivity index (χ1) is 8.87. The van der Waals surface area contributed by atoms with E-state index in [1.165, 1.54) is 25.3 Å². The third kappa shape index (κ3) is 2.14. The second-order valence-electron chi connectivity index (χ2n) is 3.96. The van der Waals surface area contributed by atoms with Crippen molar-refractivity contribution in [1.29, 1.82) is 0 Å². The van der Waals surface area contributed by atoms with Crippen molar-refractivity contribution >= 4 is 27.6 Å². The lowest BCUT2D eigenvalue weighted by Gasteiger charge is -2.13. The van der Waals surface area contributed by atoms with Crippen LogP contribution in [0.3, 0.4) is 0 Å². The highest BCUT2D eigenvalue weighted by molar-refractivity contribution is 7.90. The van der Waals surface area contributed by atoms with E-state index in [4.69, 9.17) is 5.73 Å². The number of rotatable bonds is 3. The van der Waals surface area contributed by atoms with Crippen LogP contribution in [0.4, 0.5) is 5.69 Å². The second-order valence-corrected chi connectivity index (χ2v) is 5.79. The molecule has 0 spiro atoms. The van der Waals surface area contributed by atoms with E-state index in [9.17, 15) is 18.0 Å². The van der Waals surface area contributed by atoms with E-state index in [1.807, 2.05) is 0 Å². The van der Waals surface area contributed by atoms with Gasteiger partial charge in [-0.15, -0.1) is 0 Å². The highest BCUT2D eigenvalue weighted by Gasteiger charge is 2.41. The maximum absolute atomic E-state index is 12.1. The van der Waals surface area contributed by atoms with Crippen molar-refractivity contribution in [2.24, 2.45) is 0 Å². The molecule has 19 heavy (non-hydrogen) atoms. The number of nitrogens with two attached hydrogens (primary N) is 1. The Morgan fingerprint density at radius 3 is 2.74 bits per heavy atom. The second kappa shape index (κ2) is 4.54. The number of nitrogen functional groups attached to an aromatic ring is 1. The number of carbonyl (C=O) groups excluding carboxylic acids is 2. The Hall–Kier alpha value is -2.09. The average Bonchev–Trinajstić information content (AvgIpc) is 2.55. The number of benzene rings is 1. The summed E-state index contributed by atoms with van der Waals surface area (Å²) >= 11 is 0. The summed E-state index contributed by atoms with van der Waals surface area (Å²) in [5, 5.41) is 0. The van der Waals surface area contributed by atoms with Gasteiger partial charge in [-0.3, -0.25) is 9.59 Å². The number of hydrogen-bond donors (Lipinski definition) is 1. The van der Waals surface area contributed by atoms with Crippen molar-refractivity contribution in [3.8, 4) is 0 Å². The molecule has 1 aromatic rings. The Balaban J connectivity index is 2.35. The van der Waals surface area contributed by atoms with Gasteiger partial charge in [0.05, 0.1) is 19.1 Å². The van der Waals surface area contributed by atoms with Gasteiger partial charge in [0, 0.05) is 12.2 Å². The van der Waals surface area contributed by atoms with Crippen molar-refractivity contribution in [2.45, 2.75) is 11.3 Å². The Morgan fingerprint density at radius 2 is 2.11 bits per heavy atom. The number of nitrogens with zero attached hydrogens (tertiary/aromatic N) is 1. The van der Waals surface area contributed by atoms with Crippen LogP contribution < -0.4 is 5.73 Å². The van der Waals surface area contributed by atoms with E-state index in [2.05, 4.69) is 4.74 Å². The largest absolute Gasteiger partial charge is 0.469 e. The summed E-state index contributed by atoms with van der Waals surface area (Å²) in [6.07, 6.45) is -0.190. The fourth-order valence-electron chi connectivity index (χ4n) is 1.81. The van der Waals surface area contributed by atoms with E-state index >= 15 is 0 Å². The molecule has 1 aliphatic heterocycles. The van der Waals surface area contributed by atoms with Crippen LogP contribution in [0.25, 0.3) is 0 Å². The zero-order valence-corrected chi connectivity index (χ0v) is 10.9. The van der Waals surface area contributed by atoms with Crippen LogP contribution in [-0.4, -0.2) is 38.3 Å².